The van der Waals surface area contributed by atoms with E-state index in [1.165, 1.54) is 5.56 Å². The molecule has 0 fully saturated rings. The molecule has 0 spiro atoms. The zero-order chi connectivity index (χ0) is 14.4. The van der Waals surface area contributed by atoms with Gasteiger partial charge in [-0.1, -0.05) is 27.2 Å². The second-order valence-electron chi connectivity index (χ2n) is 5.14. The lowest BCUT2D eigenvalue weighted by Crippen LogP contribution is -2.21. The molecule has 0 saturated heterocycles. The van der Waals surface area contributed by atoms with Crippen LogP contribution in [0.3, 0.4) is 0 Å². The fourth-order valence-electron chi connectivity index (χ4n) is 1.82. The summed E-state index contributed by atoms with van der Waals surface area (Å²) in [7, 11) is 0. The smallest absolute Gasteiger partial charge is 0.148 e. The van der Waals surface area contributed by atoms with Crippen molar-refractivity contribution in [3.05, 3.63) is 26.6 Å². The summed E-state index contributed by atoms with van der Waals surface area (Å²) in [6.45, 7) is 9.43. The summed E-state index contributed by atoms with van der Waals surface area (Å²) in [5.41, 5.74) is 1.24. The Morgan fingerprint density at radius 2 is 1.74 bits per heavy atom. The molecular formula is C15H23Br2NO. The molecule has 0 radical (unpaired) electrons. The van der Waals surface area contributed by atoms with Crippen LogP contribution in [-0.4, -0.2) is 12.1 Å². The minimum absolute atomic E-state index is 0.234. The van der Waals surface area contributed by atoms with Crippen LogP contribution < -0.4 is 10.1 Å². The van der Waals surface area contributed by atoms with Crippen LogP contribution in [0.2, 0.25) is 0 Å². The van der Waals surface area contributed by atoms with Crippen molar-refractivity contribution in [2.75, 3.05) is 0 Å². The van der Waals surface area contributed by atoms with Gasteiger partial charge in [-0.05, 0) is 62.9 Å². The first-order valence-corrected chi connectivity index (χ1v) is 8.40. The first kappa shape index (κ1) is 17.0. The van der Waals surface area contributed by atoms with E-state index in [4.69, 9.17) is 4.74 Å². The number of ether oxygens (including phenoxy) is 1. The van der Waals surface area contributed by atoms with Gasteiger partial charge in [-0.3, -0.25) is 0 Å². The van der Waals surface area contributed by atoms with Crippen LogP contribution in [0.5, 0.6) is 5.75 Å². The molecule has 0 amide bonds. The van der Waals surface area contributed by atoms with Gasteiger partial charge in [0, 0.05) is 12.6 Å². The van der Waals surface area contributed by atoms with Gasteiger partial charge in [0.25, 0.3) is 0 Å². The van der Waals surface area contributed by atoms with Crippen molar-refractivity contribution in [1.29, 1.82) is 0 Å². The molecular weight excluding hydrogens is 370 g/mol. The average molecular weight is 393 g/mol. The summed E-state index contributed by atoms with van der Waals surface area (Å²) < 4.78 is 7.99. The van der Waals surface area contributed by atoms with Gasteiger partial charge in [0.1, 0.15) is 5.75 Å². The van der Waals surface area contributed by atoms with Gasteiger partial charge in [-0.2, -0.15) is 0 Å². The zero-order valence-corrected chi connectivity index (χ0v) is 15.3. The van der Waals surface area contributed by atoms with Crippen LogP contribution in [0.25, 0.3) is 0 Å². The SMILES string of the molecule is CCCC(C)Oc1c(Br)cc(CNC(C)C)cc1Br. The minimum atomic E-state index is 0.234. The lowest BCUT2D eigenvalue weighted by Gasteiger charge is -2.18. The number of hydrogen-bond acceptors (Lipinski definition) is 2. The summed E-state index contributed by atoms with van der Waals surface area (Å²) in [5, 5.41) is 3.41. The van der Waals surface area contributed by atoms with E-state index in [2.05, 4.69) is 77.0 Å². The van der Waals surface area contributed by atoms with E-state index in [1.807, 2.05) is 0 Å². The maximum atomic E-state index is 5.98. The van der Waals surface area contributed by atoms with Gasteiger partial charge in [-0.15, -0.1) is 0 Å². The van der Waals surface area contributed by atoms with Crippen molar-refractivity contribution in [2.24, 2.45) is 0 Å². The third kappa shape index (κ3) is 5.84. The molecule has 0 aromatic heterocycles. The Kier molecular flexibility index (Phi) is 7.40. The molecule has 4 heteroatoms. The third-order valence-electron chi connectivity index (χ3n) is 2.79. The fraction of sp³-hybridized carbons (Fsp3) is 0.600. The summed E-state index contributed by atoms with van der Waals surface area (Å²) in [5.74, 6) is 0.897. The highest BCUT2D eigenvalue weighted by Crippen LogP contribution is 2.35. The van der Waals surface area contributed by atoms with Crippen LogP contribution in [0.15, 0.2) is 21.1 Å². The Bertz CT molecular complexity index is 384. The normalized spacial score (nSPS) is 12.8. The predicted octanol–water partition coefficient (Wildman–Crippen LogP) is 5.28. The Balaban J connectivity index is 2.79. The summed E-state index contributed by atoms with van der Waals surface area (Å²) in [6, 6.07) is 4.72. The molecule has 1 N–H and O–H groups in total. The first-order chi connectivity index (χ1) is 8.93. The van der Waals surface area contributed by atoms with Crippen molar-refractivity contribution in [2.45, 2.75) is 59.2 Å². The number of halogens is 2. The molecule has 0 aliphatic rings. The van der Waals surface area contributed by atoms with Crippen LogP contribution in [0.1, 0.15) is 46.1 Å². The number of rotatable bonds is 7. The number of hydrogen-bond donors (Lipinski definition) is 1. The molecule has 1 rings (SSSR count). The third-order valence-corrected chi connectivity index (χ3v) is 3.96. The average Bonchev–Trinajstić information content (AvgIpc) is 2.31. The van der Waals surface area contributed by atoms with Crippen LogP contribution >= 0.6 is 31.9 Å². The highest BCUT2D eigenvalue weighted by atomic mass is 79.9. The van der Waals surface area contributed by atoms with Gasteiger partial charge in [-0.25, -0.2) is 0 Å². The van der Waals surface area contributed by atoms with Gasteiger partial charge in [0.2, 0.25) is 0 Å². The van der Waals surface area contributed by atoms with Crippen molar-refractivity contribution in [3.63, 3.8) is 0 Å². The van der Waals surface area contributed by atoms with E-state index in [0.29, 0.717) is 6.04 Å². The predicted molar refractivity (Wildman–Crippen MR) is 88.8 cm³/mol. The molecule has 0 heterocycles. The summed E-state index contributed by atoms with van der Waals surface area (Å²) in [6.07, 6.45) is 2.43. The van der Waals surface area contributed by atoms with Crippen molar-refractivity contribution in [3.8, 4) is 5.75 Å². The fourth-order valence-corrected chi connectivity index (χ4v) is 3.28. The van der Waals surface area contributed by atoms with Gasteiger partial charge in [0.05, 0.1) is 15.0 Å². The standard InChI is InChI=1S/C15H23Br2NO/c1-5-6-11(4)19-15-13(16)7-12(8-14(15)17)9-18-10(2)3/h7-8,10-11,18H,5-6,9H2,1-4H3. The largest absolute Gasteiger partial charge is 0.488 e. The second kappa shape index (κ2) is 8.28. The summed E-state index contributed by atoms with van der Waals surface area (Å²) in [4.78, 5) is 0. The van der Waals surface area contributed by atoms with Crippen LogP contribution in [0, 0.1) is 0 Å². The number of benzene rings is 1. The lowest BCUT2D eigenvalue weighted by atomic mass is 10.2. The molecule has 0 saturated carbocycles. The molecule has 1 aromatic carbocycles. The molecule has 1 unspecified atom stereocenters. The Labute approximate surface area is 133 Å². The van der Waals surface area contributed by atoms with Gasteiger partial charge < -0.3 is 10.1 Å². The lowest BCUT2D eigenvalue weighted by molar-refractivity contribution is 0.207. The highest BCUT2D eigenvalue weighted by molar-refractivity contribution is 9.11. The van der Waals surface area contributed by atoms with Gasteiger partial charge >= 0.3 is 0 Å². The Morgan fingerprint density at radius 1 is 1.16 bits per heavy atom. The van der Waals surface area contributed by atoms with Crippen LogP contribution in [-0.2, 0) is 6.54 Å². The van der Waals surface area contributed by atoms with E-state index in [-0.39, 0.29) is 6.10 Å². The topological polar surface area (TPSA) is 21.3 Å². The minimum Gasteiger partial charge on any atom is -0.488 e. The van der Waals surface area contributed by atoms with E-state index >= 15 is 0 Å². The number of nitrogens with one attached hydrogen (secondary N) is 1. The van der Waals surface area contributed by atoms with E-state index in [0.717, 1.165) is 34.1 Å². The van der Waals surface area contributed by atoms with E-state index in [9.17, 15) is 0 Å². The monoisotopic (exact) mass is 391 g/mol. The Morgan fingerprint density at radius 3 is 2.21 bits per heavy atom. The summed E-state index contributed by atoms with van der Waals surface area (Å²) >= 11 is 7.20. The zero-order valence-electron chi connectivity index (χ0n) is 12.1. The van der Waals surface area contributed by atoms with Crippen molar-refractivity contribution >= 4 is 31.9 Å². The van der Waals surface area contributed by atoms with Crippen molar-refractivity contribution in [1.82, 2.24) is 5.32 Å². The molecule has 1 atom stereocenters. The van der Waals surface area contributed by atoms with Crippen LogP contribution in [0.4, 0.5) is 0 Å². The van der Waals surface area contributed by atoms with Crippen molar-refractivity contribution < 1.29 is 4.74 Å². The van der Waals surface area contributed by atoms with E-state index < -0.39 is 0 Å². The molecule has 0 aliphatic carbocycles. The maximum Gasteiger partial charge on any atom is 0.148 e. The van der Waals surface area contributed by atoms with Gasteiger partial charge in [0.15, 0.2) is 0 Å². The second-order valence-corrected chi connectivity index (χ2v) is 6.85. The molecule has 108 valence electrons. The quantitative estimate of drug-likeness (QED) is 0.681. The Hall–Kier alpha value is -0.0600. The van der Waals surface area contributed by atoms with E-state index in [1.54, 1.807) is 0 Å². The molecule has 0 bridgehead atoms. The molecule has 0 aliphatic heterocycles. The molecule has 2 nitrogen and oxygen atoms in total. The molecule has 19 heavy (non-hydrogen) atoms. The molecule has 1 aromatic rings. The first-order valence-electron chi connectivity index (χ1n) is 6.82. The maximum absolute atomic E-state index is 5.98. The highest BCUT2D eigenvalue weighted by Gasteiger charge is 2.12.